The molecule has 0 aliphatic carbocycles. The number of piperidine rings is 1. The molecule has 1 fully saturated rings. The Morgan fingerprint density at radius 2 is 1.97 bits per heavy atom. The molecule has 4 rings (SSSR count). The summed E-state index contributed by atoms with van der Waals surface area (Å²) < 4.78 is 10.7. The highest BCUT2D eigenvalue weighted by Gasteiger charge is 2.31. The number of carbonyl (C=O) groups excluding carboxylic acids is 1. The lowest BCUT2D eigenvalue weighted by molar-refractivity contribution is -0.122. The zero-order chi connectivity index (χ0) is 21.1. The normalized spacial score (nSPS) is 16.4. The highest BCUT2D eigenvalue weighted by molar-refractivity contribution is 5.95. The molecule has 1 amide bonds. The molecule has 0 saturated carbocycles. The smallest absolute Gasteiger partial charge is 0.324 e. The van der Waals surface area contributed by atoms with Crippen LogP contribution in [0.3, 0.4) is 0 Å². The Balaban J connectivity index is 1.47. The SMILES string of the molecule is COc1ccc(-c2noc(N3CCC[C@@H](C(=O)N(C)c4ccccc4C)C3)n2)cc1. The summed E-state index contributed by atoms with van der Waals surface area (Å²) in [6, 6.07) is 15.9. The van der Waals surface area contributed by atoms with Gasteiger partial charge in [-0.15, -0.1) is 0 Å². The van der Waals surface area contributed by atoms with E-state index < -0.39 is 0 Å². The second-order valence-electron chi connectivity index (χ2n) is 7.60. The number of ether oxygens (including phenoxy) is 1. The predicted molar refractivity (Wildman–Crippen MR) is 116 cm³/mol. The molecule has 1 aliphatic rings. The monoisotopic (exact) mass is 406 g/mol. The maximum absolute atomic E-state index is 13.1. The third-order valence-corrected chi connectivity index (χ3v) is 5.61. The fraction of sp³-hybridized carbons (Fsp3) is 0.348. The second-order valence-corrected chi connectivity index (χ2v) is 7.60. The van der Waals surface area contributed by atoms with Crippen LogP contribution in [0.2, 0.25) is 0 Å². The van der Waals surface area contributed by atoms with Crippen molar-refractivity contribution in [1.29, 1.82) is 0 Å². The van der Waals surface area contributed by atoms with Crippen molar-refractivity contribution < 1.29 is 14.1 Å². The van der Waals surface area contributed by atoms with Crippen LogP contribution in [-0.4, -0.2) is 43.3 Å². The van der Waals surface area contributed by atoms with Crippen molar-refractivity contribution in [3.8, 4) is 17.1 Å². The van der Waals surface area contributed by atoms with Gasteiger partial charge >= 0.3 is 6.01 Å². The van der Waals surface area contributed by atoms with Gasteiger partial charge in [-0.3, -0.25) is 4.79 Å². The highest BCUT2D eigenvalue weighted by atomic mass is 16.5. The van der Waals surface area contributed by atoms with Gasteiger partial charge in [-0.05, 0) is 55.7 Å². The number of nitrogens with zero attached hydrogens (tertiary/aromatic N) is 4. The summed E-state index contributed by atoms with van der Waals surface area (Å²) in [6.07, 6.45) is 1.75. The number of hydrogen-bond donors (Lipinski definition) is 0. The van der Waals surface area contributed by atoms with Gasteiger partial charge in [-0.1, -0.05) is 23.4 Å². The molecule has 0 N–H and O–H groups in total. The Morgan fingerprint density at radius 1 is 1.20 bits per heavy atom. The van der Waals surface area contributed by atoms with Crippen molar-refractivity contribution in [1.82, 2.24) is 10.1 Å². The number of aryl methyl sites for hydroxylation is 1. The molecule has 7 nitrogen and oxygen atoms in total. The molecule has 30 heavy (non-hydrogen) atoms. The summed E-state index contributed by atoms with van der Waals surface area (Å²) >= 11 is 0. The van der Waals surface area contributed by atoms with E-state index >= 15 is 0 Å². The summed E-state index contributed by atoms with van der Waals surface area (Å²) in [5.74, 6) is 1.30. The lowest BCUT2D eigenvalue weighted by Crippen LogP contribution is -2.44. The fourth-order valence-electron chi connectivity index (χ4n) is 3.89. The quantitative estimate of drug-likeness (QED) is 0.639. The molecule has 0 unspecified atom stereocenters. The van der Waals surface area contributed by atoms with E-state index in [2.05, 4.69) is 10.1 Å². The number of aromatic nitrogens is 2. The summed E-state index contributed by atoms with van der Waals surface area (Å²) in [6.45, 7) is 3.38. The minimum Gasteiger partial charge on any atom is -0.497 e. The van der Waals surface area contributed by atoms with Crippen LogP contribution in [-0.2, 0) is 4.79 Å². The van der Waals surface area contributed by atoms with Crippen LogP contribution >= 0.6 is 0 Å². The van der Waals surface area contributed by atoms with E-state index in [4.69, 9.17) is 9.26 Å². The molecule has 0 spiro atoms. The molecule has 1 saturated heterocycles. The number of anilines is 2. The minimum absolute atomic E-state index is 0.111. The van der Waals surface area contributed by atoms with Crippen LogP contribution in [0.4, 0.5) is 11.7 Å². The fourth-order valence-corrected chi connectivity index (χ4v) is 3.89. The third kappa shape index (κ3) is 4.01. The average molecular weight is 406 g/mol. The van der Waals surface area contributed by atoms with Crippen molar-refractivity contribution in [3.05, 3.63) is 54.1 Å². The van der Waals surface area contributed by atoms with Gasteiger partial charge in [-0.2, -0.15) is 4.98 Å². The van der Waals surface area contributed by atoms with Crippen LogP contribution in [0.25, 0.3) is 11.4 Å². The van der Waals surface area contributed by atoms with Crippen molar-refractivity contribution in [2.75, 3.05) is 37.0 Å². The van der Waals surface area contributed by atoms with Crippen molar-refractivity contribution >= 4 is 17.6 Å². The zero-order valence-electron chi connectivity index (χ0n) is 17.5. The van der Waals surface area contributed by atoms with Crippen molar-refractivity contribution in [2.45, 2.75) is 19.8 Å². The van der Waals surface area contributed by atoms with Gasteiger partial charge in [0.1, 0.15) is 5.75 Å². The first kappa shape index (κ1) is 19.9. The van der Waals surface area contributed by atoms with Gasteiger partial charge in [0.05, 0.1) is 13.0 Å². The molecule has 2 aromatic carbocycles. The highest BCUT2D eigenvalue weighted by Crippen LogP contribution is 2.28. The molecule has 3 aromatic rings. The molecule has 2 heterocycles. The number of methoxy groups -OCH3 is 1. The van der Waals surface area contributed by atoms with Crippen molar-refractivity contribution in [3.63, 3.8) is 0 Å². The first-order valence-corrected chi connectivity index (χ1v) is 10.1. The number of para-hydroxylation sites is 1. The van der Waals surface area contributed by atoms with E-state index in [1.807, 2.05) is 67.4 Å². The molecule has 7 heteroatoms. The molecule has 156 valence electrons. The van der Waals surface area contributed by atoms with E-state index in [1.165, 1.54) is 0 Å². The maximum atomic E-state index is 13.1. The van der Waals surface area contributed by atoms with Crippen LogP contribution in [0.15, 0.2) is 53.1 Å². The average Bonchev–Trinajstić information content (AvgIpc) is 3.29. The Bertz CT molecular complexity index is 1020. The topological polar surface area (TPSA) is 71.7 Å². The Kier molecular flexibility index (Phi) is 5.70. The Morgan fingerprint density at radius 3 is 2.70 bits per heavy atom. The van der Waals surface area contributed by atoms with E-state index in [0.29, 0.717) is 18.4 Å². The van der Waals surface area contributed by atoms with Gasteiger partial charge in [0.25, 0.3) is 0 Å². The lowest BCUT2D eigenvalue weighted by atomic mass is 9.96. The molecule has 1 aliphatic heterocycles. The third-order valence-electron chi connectivity index (χ3n) is 5.61. The largest absolute Gasteiger partial charge is 0.497 e. The standard InChI is InChI=1S/C23H26N4O3/c1-16-7-4-5-9-20(16)26(2)22(28)18-8-6-14-27(15-18)23-24-21(25-30-23)17-10-12-19(29-3)13-11-17/h4-5,7,9-13,18H,6,8,14-15H2,1-3H3/t18-/m1/s1. The molecule has 0 radical (unpaired) electrons. The van der Waals surface area contributed by atoms with E-state index in [0.717, 1.165) is 42.0 Å². The van der Waals surface area contributed by atoms with E-state index in [-0.39, 0.29) is 11.8 Å². The molecule has 1 atom stereocenters. The van der Waals surface area contributed by atoms with Crippen LogP contribution in [0.5, 0.6) is 5.75 Å². The second kappa shape index (κ2) is 8.57. The summed E-state index contributed by atoms with van der Waals surface area (Å²) in [7, 11) is 3.48. The Labute approximate surface area is 176 Å². The van der Waals surface area contributed by atoms with Crippen LogP contribution in [0, 0.1) is 12.8 Å². The van der Waals surface area contributed by atoms with Crippen molar-refractivity contribution in [2.24, 2.45) is 5.92 Å². The van der Waals surface area contributed by atoms with Gasteiger partial charge in [0, 0.05) is 31.4 Å². The van der Waals surface area contributed by atoms with Crippen LogP contribution < -0.4 is 14.5 Å². The number of rotatable bonds is 5. The van der Waals surface area contributed by atoms with Crippen LogP contribution in [0.1, 0.15) is 18.4 Å². The summed E-state index contributed by atoms with van der Waals surface area (Å²) in [5, 5.41) is 4.12. The number of hydrogen-bond acceptors (Lipinski definition) is 6. The molecular formula is C23H26N4O3. The van der Waals surface area contributed by atoms with Gasteiger partial charge < -0.3 is 19.1 Å². The predicted octanol–water partition coefficient (Wildman–Crippen LogP) is 3.93. The van der Waals surface area contributed by atoms with Gasteiger partial charge in [0.2, 0.25) is 11.7 Å². The molecular weight excluding hydrogens is 380 g/mol. The summed E-state index contributed by atoms with van der Waals surface area (Å²) in [5.41, 5.74) is 2.89. The first-order valence-electron chi connectivity index (χ1n) is 10.1. The lowest BCUT2D eigenvalue weighted by Gasteiger charge is -2.33. The maximum Gasteiger partial charge on any atom is 0.324 e. The number of carbonyl (C=O) groups is 1. The van der Waals surface area contributed by atoms with E-state index in [9.17, 15) is 4.79 Å². The summed E-state index contributed by atoms with van der Waals surface area (Å²) in [4.78, 5) is 21.5. The van der Waals surface area contributed by atoms with Gasteiger partial charge in [0.15, 0.2) is 0 Å². The minimum atomic E-state index is -0.111. The first-order chi connectivity index (χ1) is 14.6. The Hall–Kier alpha value is -3.35. The van der Waals surface area contributed by atoms with Gasteiger partial charge in [-0.25, -0.2) is 0 Å². The number of amides is 1. The molecule has 1 aromatic heterocycles. The van der Waals surface area contributed by atoms with E-state index in [1.54, 1.807) is 12.0 Å². The number of benzene rings is 2. The zero-order valence-corrected chi connectivity index (χ0v) is 17.5. The molecule has 0 bridgehead atoms.